The van der Waals surface area contributed by atoms with Gasteiger partial charge in [-0.15, -0.1) is 10.2 Å². The first-order valence-electron chi connectivity index (χ1n) is 10.6. The van der Waals surface area contributed by atoms with Gasteiger partial charge in [0, 0.05) is 16.7 Å². The van der Waals surface area contributed by atoms with Gasteiger partial charge in [0.2, 0.25) is 0 Å². The van der Waals surface area contributed by atoms with Crippen molar-refractivity contribution in [3.05, 3.63) is 97.2 Å². The number of hydrogen-bond acceptors (Lipinski definition) is 5. The lowest BCUT2D eigenvalue weighted by molar-refractivity contribution is 0.262. The van der Waals surface area contributed by atoms with E-state index in [9.17, 15) is 4.79 Å². The Morgan fingerprint density at radius 2 is 1.38 bits per heavy atom. The molecule has 0 bridgehead atoms. The minimum atomic E-state index is -0.422. The number of carbonyl (C=O) groups is 1. The van der Waals surface area contributed by atoms with Crippen LogP contribution in [0.4, 0.5) is 22.1 Å². The molecular formula is C26H21N7O. The highest BCUT2D eigenvalue weighted by atomic mass is 16.2. The van der Waals surface area contributed by atoms with E-state index in [2.05, 4.69) is 31.0 Å². The average Bonchev–Trinajstić information content (AvgIpc) is 3.31. The van der Waals surface area contributed by atoms with Crippen LogP contribution in [0.2, 0.25) is 0 Å². The lowest BCUT2D eigenvalue weighted by atomic mass is 9.94. The zero-order valence-corrected chi connectivity index (χ0v) is 18.1. The summed E-state index contributed by atoms with van der Waals surface area (Å²) >= 11 is 0. The zero-order chi connectivity index (χ0) is 23.3. The Morgan fingerprint density at radius 3 is 2.06 bits per heavy atom. The van der Waals surface area contributed by atoms with Gasteiger partial charge in [0.25, 0.3) is 0 Å². The van der Waals surface area contributed by atoms with Crippen LogP contribution in [0.15, 0.2) is 97.2 Å². The summed E-state index contributed by atoms with van der Waals surface area (Å²) < 4.78 is 0. The molecule has 8 heteroatoms. The van der Waals surface area contributed by atoms with E-state index < -0.39 is 6.03 Å². The molecule has 8 nitrogen and oxygen atoms in total. The predicted molar refractivity (Wildman–Crippen MR) is 134 cm³/mol. The summed E-state index contributed by atoms with van der Waals surface area (Å²) in [5.41, 5.74) is 11.9. The average molecular weight is 448 g/mol. The molecule has 2 amide bonds. The molecule has 0 aliphatic heterocycles. The molecule has 0 spiro atoms. The van der Waals surface area contributed by atoms with Gasteiger partial charge in [-0.25, -0.2) is 4.79 Å². The maximum absolute atomic E-state index is 12.8. The van der Waals surface area contributed by atoms with Gasteiger partial charge in [0.15, 0.2) is 5.82 Å². The summed E-state index contributed by atoms with van der Waals surface area (Å²) in [6, 6.07) is 28.2. The Hall–Kier alpha value is -4.98. The van der Waals surface area contributed by atoms with Gasteiger partial charge < -0.3 is 11.1 Å². The van der Waals surface area contributed by atoms with Crippen molar-refractivity contribution in [1.82, 2.24) is 20.4 Å². The molecule has 5 aromatic rings. The number of aromatic nitrogens is 4. The van der Waals surface area contributed by atoms with Crippen LogP contribution in [-0.4, -0.2) is 26.4 Å². The van der Waals surface area contributed by atoms with Gasteiger partial charge in [-0.2, -0.15) is 5.10 Å². The fourth-order valence-corrected chi connectivity index (χ4v) is 3.72. The number of nitrogens with zero attached hydrogens (tertiary/aromatic N) is 3. The van der Waals surface area contributed by atoms with Crippen LogP contribution in [0.1, 0.15) is 0 Å². The quantitative estimate of drug-likeness (QED) is 0.286. The first-order chi connectivity index (χ1) is 16.7. The summed E-state index contributed by atoms with van der Waals surface area (Å²) in [6.45, 7) is 0. The van der Waals surface area contributed by atoms with E-state index in [0.29, 0.717) is 17.3 Å². The third-order valence-corrected chi connectivity index (χ3v) is 5.33. The standard InChI is InChI=1S/C26H21N7O/c27-25-21(16-28-33-25)19-11-5-4-10-18(19)20-12-6-7-13-23(20)29-26(34)30-24-15-14-22(31-32-24)17-8-2-1-3-9-17/h1-16H,(H3,27,28,33)(H2,29,30,32,34). The third kappa shape index (κ3) is 4.33. The summed E-state index contributed by atoms with van der Waals surface area (Å²) in [4.78, 5) is 12.8. The highest BCUT2D eigenvalue weighted by Gasteiger charge is 2.15. The van der Waals surface area contributed by atoms with Gasteiger partial charge in [-0.3, -0.25) is 10.4 Å². The summed E-state index contributed by atoms with van der Waals surface area (Å²) in [5, 5.41) is 20.8. The van der Waals surface area contributed by atoms with E-state index in [1.807, 2.05) is 84.9 Å². The Labute approximate surface area is 195 Å². The first kappa shape index (κ1) is 20.9. The van der Waals surface area contributed by atoms with E-state index >= 15 is 0 Å². The van der Waals surface area contributed by atoms with E-state index in [4.69, 9.17) is 5.73 Å². The lowest BCUT2D eigenvalue weighted by Crippen LogP contribution is -2.20. The number of aromatic amines is 1. The van der Waals surface area contributed by atoms with Crippen molar-refractivity contribution >= 4 is 23.4 Å². The van der Waals surface area contributed by atoms with Crippen molar-refractivity contribution in [2.75, 3.05) is 16.4 Å². The molecule has 3 aromatic carbocycles. The molecule has 166 valence electrons. The van der Waals surface area contributed by atoms with Crippen LogP contribution in [0.5, 0.6) is 0 Å². The van der Waals surface area contributed by atoms with Gasteiger partial charge in [-0.05, 0) is 29.3 Å². The molecule has 2 aromatic heterocycles. The van der Waals surface area contributed by atoms with Gasteiger partial charge >= 0.3 is 6.03 Å². The number of H-pyrrole nitrogens is 1. The van der Waals surface area contributed by atoms with E-state index in [-0.39, 0.29) is 0 Å². The number of urea groups is 1. The summed E-state index contributed by atoms with van der Waals surface area (Å²) in [7, 11) is 0. The Bertz CT molecular complexity index is 1430. The van der Waals surface area contributed by atoms with Crippen LogP contribution < -0.4 is 16.4 Å². The largest absolute Gasteiger partial charge is 0.384 e. The van der Waals surface area contributed by atoms with Crippen LogP contribution in [-0.2, 0) is 0 Å². The number of nitrogen functional groups attached to an aromatic ring is 1. The maximum atomic E-state index is 12.8. The first-order valence-corrected chi connectivity index (χ1v) is 10.6. The van der Waals surface area contributed by atoms with Gasteiger partial charge in [0.05, 0.1) is 17.6 Å². The molecule has 0 aliphatic rings. The molecule has 0 aliphatic carbocycles. The molecule has 5 rings (SSSR count). The third-order valence-electron chi connectivity index (χ3n) is 5.33. The Balaban J connectivity index is 1.37. The second-order valence-electron chi connectivity index (χ2n) is 7.54. The maximum Gasteiger partial charge on any atom is 0.324 e. The van der Waals surface area contributed by atoms with Crippen LogP contribution in [0, 0.1) is 0 Å². The second kappa shape index (κ2) is 9.25. The predicted octanol–water partition coefficient (Wildman–Crippen LogP) is 5.43. The topological polar surface area (TPSA) is 122 Å². The number of amides is 2. The zero-order valence-electron chi connectivity index (χ0n) is 18.1. The van der Waals surface area contributed by atoms with Crippen molar-refractivity contribution in [2.24, 2.45) is 0 Å². The molecule has 34 heavy (non-hydrogen) atoms. The minimum Gasteiger partial charge on any atom is -0.384 e. The minimum absolute atomic E-state index is 0.348. The lowest BCUT2D eigenvalue weighted by Gasteiger charge is -2.15. The molecule has 0 atom stereocenters. The van der Waals surface area contributed by atoms with E-state index in [1.165, 1.54) is 0 Å². The molecule has 0 radical (unpaired) electrons. The Kier molecular flexibility index (Phi) is 5.69. The number of benzene rings is 3. The normalized spacial score (nSPS) is 10.6. The molecule has 2 heterocycles. The van der Waals surface area contributed by atoms with Crippen molar-refractivity contribution in [3.8, 4) is 33.5 Å². The molecule has 0 unspecified atom stereocenters. The molecule has 0 saturated heterocycles. The monoisotopic (exact) mass is 447 g/mol. The van der Waals surface area contributed by atoms with Crippen molar-refractivity contribution in [3.63, 3.8) is 0 Å². The second-order valence-corrected chi connectivity index (χ2v) is 7.54. The van der Waals surface area contributed by atoms with Gasteiger partial charge in [0.1, 0.15) is 5.82 Å². The van der Waals surface area contributed by atoms with Crippen LogP contribution in [0.3, 0.4) is 0 Å². The number of rotatable bonds is 5. The van der Waals surface area contributed by atoms with E-state index in [0.717, 1.165) is 33.5 Å². The number of nitrogens with two attached hydrogens (primary N) is 1. The smallest absolute Gasteiger partial charge is 0.324 e. The summed E-state index contributed by atoms with van der Waals surface area (Å²) in [5.74, 6) is 0.828. The van der Waals surface area contributed by atoms with Crippen LogP contribution in [0.25, 0.3) is 33.5 Å². The molecule has 5 N–H and O–H groups in total. The fraction of sp³-hybridized carbons (Fsp3) is 0. The molecule has 0 saturated carbocycles. The Morgan fingerprint density at radius 1 is 0.706 bits per heavy atom. The van der Waals surface area contributed by atoms with Gasteiger partial charge in [-0.1, -0.05) is 72.8 Å². The van der Waals surface area contributed by atoms with Crippen LogP contribution >= 0.6 is 0 Å². The SMILES string of the molecule is Nc1[nH]ncc1-c1ccccc1-c1ccccc1NC(=O)Nc1ccc(-c2ccccc2)nn1. The fourth-order valence-electron chi connectivity index (χ4n) is 3.72. The number of para-hydroxylation sites is 1. The summed E-state index contributed by atoms with van der Waals surface area (Å²) in [6.07, 6.45) is 1.69. The highest BCUT2D eigenvalue weighted by molar-refractivity contribution is 6.03. The van der Waals surface area contributed by atoms with E-state index in [1.54, 1.807) is 12.3 Å². The van der Waals surface area contributed by atoms with Crippen molar-refractivity contribution in [2.45, 2.75) is 0 Å². The van der Waals surface area contributed by atoms with Crippen molar-refractivity contribution in [1.29, 1.82) is 0 Å². The van der Waals surface area contributed by atoms with Crippen molar-refractivity contribution < 1.29 is 4.79 Å². The number of anilines is 3. The molecular weight excluding hydrogens is 426 g/mol. The number of carbonyl (C=O) groups excluding carboxylic acids is 1. The molecule has 0 fully saturated rings. The highest BCUT2D eigenvalue weighted by Crippen LogP contribution is 2.37. The number of hydrogen-bond donors (Lipinski definition) is 4. The number of nitrogens with one attached hydrogen (secondary N) is 3.